The van der Waals surface area contributed by atoms with E-state index in [1.165, 1.54) is 6.92 Å². The van der Waals surface area contributed by atoms with Crippen LogP contribution < -0.4 is 0 Å². The number of rotatable bonds is 8. The lowest BCUT2D eigenvalue weighted by atomic mass is 10.1. The molecule has 4 N–H and O–H groups in total. The maximum Gasteiger partial charge on any atom is 0.332 e. The lowest BCUT2D eigenvalue weighted by molar-refractivity contribution is -0.109. The smallest absolute Gasteiger partial charge is 0.324 e. The normalized spacial score (nSPS) is 15.2. The first-order chi connectivity index (χ1) is 10.5. The van der Waals surface area contributed by atoms with E-state index >= 15 is 0 Å². The zero-order valence-corrected chi connectivity index (χ0v) is 15.1. The van der Waals surface area contributed by atoms with E-state index in [-0.39, 0.29) is 18.0 Å². The fourth-order valence-corrected chi connectivity index (χ4v) is 5.60. The summed E-state index contributed by atoms with van der Waals surface area (Å²) < 4.78 is 22.9. The van der Waals surface area contributed by atoms with Crippen LogP contribution in [0.25, 0.3) is 0 Å². The Balaban J connectivity index is 2.88. The second-order valence-corrected chi connectivity index (χ2v) is 10.1. The van der Waals surface area contributed by atoms with Crippen LogP contribution in [0.2, 0.25) is 0 Å². The summed E-state index contributed by atoms with van der Waals surface area (Å²) >= 11 is 0.790. The molecule has 7 nitrogen and oxygen atoms in total. The van der Waals surface area contributed by atoms with Crippen LogP contribution >= 0.6 is 27.0 Å². The van der Waals surface area contributed by atoms with Gasteiger partial charge in [-0.1, -0.05) is 42.1 Å². The SMILES string of the molecule is CC(=O)SC(CCC(c1ccccc1)P(=O)(O)O)CP(=O)(O)O. The van der Waals surface area contributed by atoms with E-state index in [2.05, 4.69) is 0 Å². The van der Waals surface area contributed by atoms with Gasteiger partial charge in [0, 0.05) is 12.2 Å². The average Bonchev–Trinajstić information content (AvgIpc) is 2.35. The van der Waals surface area contributed by atoms with Crippen LogP contribution in [0.15, 0.2) is 30.3 Å². The zero-order chi connectivity index (χ0) is 17.7. The highest BCUT2D eigenvalue weighted by Gasteiger charge is 2.32. The molecule has 0 aliphatic carbocycles. The third-order valence-electron chi connectivity index (χ3n) is 3.13. The van der Waals surface area contributed by atoms with Crippen molar-refractivity contribution >= 4 is 32.1 Å². The van der Waals surface area contributed by atoms with E-state index in [1.807, 2.05) is 0 Å². The summed E-state index contributed by atoms with van der Waals surface area (Å²) in [7, 11) is -8.75. The van der Waals surface area contributed by atoms with Crippen molar-refractivity contribution in [1.29, 1.82) is 0 Å². The monoisotopic (exact) mass is 382 g/mol. The van der Waals surface area contributed by atoms with Gasteiger partial charge in [-0.2, -0.15) is 0 Å². The van der Waals surface area contributed by atoms with E-state index in [4.69, 9.17) is 9.79 Å². The van der Waals surface area contributed by atoms with Crippen molar-refractivity contribution in [2.45, 2.75) is 30.7 Å². The van der Waals surface area contributed by atoms with Gasteiger partial charge in [0.15, 0.2) is 5.12 Å². The number of hydrogen-bond acceptors (Lipinski definition) is 4. The minimum Gasteiger partial charge on any atom is -0.324 e. The third kappa shape index (κ3) is 8.27. The first-order valence-electron chi connectivity index (χ1n) is 6.81. The number of hydrogen-bond donors (Lipinski definition) is 4. The molecular formula is C13H20O7P2S. The second kappa shape index (κ2) is 8.58. The van der Waals surface area contributed by atoms with Gasteiger partial charge in [0.1, 0.15) is 0 Å². The first kappa shape index (κ1) is 20.6. The standard InChI is InChI=1S/C13H20O7P2S/c1-10(14)23-12(9-21(15,16)17)7-8-13(22(18,19)20)11-5-3-2-4-6-11/h2-6,12-13H,7-9H2,1H3,(H2,15,16,17)(H2,18,19,20). The Morgan fingerprint density at radius 3 is 2.09 bits per heavy atom. The Bertz CT molecular complexity index is 610. The van der Waals surface area contributed by atoms with E-state index in [9.17, 15) is 23.7 Å². The molecule has 1 aromatic rings. The molecule has 0 fully saturated rings. The van der Waals surface area contributed by atoms with Crippen molar-refractivity contribution in [2.24, 2.45) is 0 Å². The van der Waals surface area contributed by atoms with Crippen molar-refractivity contribution in [3.63, 3.8) is 0 Å². The number of benzene rings is 1. The molecule has 0 heterocycles. The number of carbonyl (C=O) groups is 1. The van der Waals surface area contributed by atoms with Crippen LogP contribution in [-0.2, 0) is 13.9 Å². The molecule has 130 valence electrons. The summed E-state index contributed by atoms with van der Waals surface area (Å²) in [6.07, 6.45) is -0.362. The maximum absolute atomic E-state index is 11.7. The molecule has 0 spiro atoms. The quantitative estimate of drug-likeness (QED) is 0.504. The van der Waals surface area contributed by atoms with Gasteiger partial charge >= 0.3 is 15.2 Å². The van der Waals surface area contributed by atoms with E-state index in [1.54, 1.807) is 30.3 Å². The number of thioether (sulfide) groups is 1. The van der Waals surface area contributed by atoms with Crippen LogP contribution in [0.1, 0.15) is 31.0 Å². The molecule has 2 unspecified atom stereocenters. The molecule has 0 saturated carbocycles. The first-order valence-corrected chi connectivity index (χ1v) is 11.2. The highest BCUT2D eigenvalue weighted by molar-refractivity contribution is 8.14. The second-order valence-electron chi connectivity index (χ2n) is 5.17. The molecule has 0 aromatic heterocycles. The summed E-state index contributed by atoms with van der Waals surface area (Å²) in [5.74, 6) is 0. The molecule has 2 atom stereocenters. The lowest BCUT2D eigenvalue weighted by Gasteiger charge is -2.22. The van der Waals surface area contributed by atoms with Gasteiger partial charge in [0.25, 0.3) is 0 Å². The van der Waals surface area contributed by atoms with Gasteiger partial charge in [0.05, 0.1) is 11.8 Å². The fourth-order valence-electron chi connectivity index (χ4n) is 2.24. The molecular weight excluding hydrogens is 362 g/mol. The molecule has 1 rings (SSSR count). The summed E-state index contributed by atoms with van der Waals surface area (Å²) in [5.41, 5.74) is -0.598. The van der Waals surface area contributed by atoms with Crippen molar-refractivity contribution < 1.29 is 33.5 Å². The summed E-state index contributed by atoms with van der Waals surface area (Å²) in [6, 6.07) is 8.24. The van der Waals surface area contributed by atoms with Crippen LogP contribution in [0.5, 0.6) is 0 Å². The Morgan fingerprint density at radius 1 is 1.09 bits per heavy atom. The average molecular weight is 382 g/mol. The third-order valence-corrected chi connectivity index (χ3v) is 6.73. The van der Waals surface area contributed by atoms with Gasteiger partial charge < -0.3 is 19.6 Å². The molecule has 0 aliphatic rings. The molecule has 23 heavy (non-hydrogen) atoms. The van der Waals surface area contributed by atoms with Crippen molar-refractivity contribution in [1.82, 2.24) is 0 Å². The fraction of sp³-hybridized carbons (Fsp3) is 0.462. The molecule has 0 radical (unpaired) electrons. The van der Waals surface area contributed by atoms with Crippen LogP contribution in [0.3, 0.4) is 0 Å². The predicted octanol–water partition coefficient (Wildman–Crippen LogP) is 2.51. The van der Waals surface area contributed by atoms with Crippen molar-refractivity contribution in [2.75, 3.05) is 6.16 Å². The zero-order valence-electron chi connectivity index (χ0n) is 12.5. The predicted molar refractivity (Wildman–Crippen MR) is 89.4 cm³/mol. The molecule has 1 aromatic carbocycles. The van der Waals surface area contributed by atoms with Gasteiger partial charge in [-0.05, 0) is 18.4 Å². The Morgan fingerprint density at radius 2 is 1.65 bits per heavy atom. The van der Waals surface area contributed by atoms with E-state index < -0.39 is 32.3 Å². The van der Waals surface area contributed by atoms with Gasteiger partial charge in [0.2, 0.25) is 0 Å². The van der Waals surface area contributed by atoms with Crippen LogP contribution in [0.4, 0.5) is 0 Å². The minimum absolute atomic E-state index is 0.0270. The highest BCUT2D eigenvalue weighted by atomic mass is 32.2. The highest BCUT2D eigenvalue weighted by Crippen LogP contribution is 2.54. The largest absolute Gasteiger partial charge is 0.332 e. The summed E-state index contributed by atoms with van der Waals surface area (Å²) in [4.78, 5) is 48.4. The lowest BCUT2D eigenvalue weighted by Crippen LogP contribution is -2.13. The molecule has 0 amide bonds. The molecule has 0 bridgehead atoms. The molecule has 0 saturated heterocycles. The Hall–Kier alpha value is -0.460. The van der Waals surface area contributed by atoms with Crippen molar-refractivity contribution in [3.05, 3.63) is 35.9 Å². The Labute approximate surface area is 138 Å². The van der Waals surface area contributed by atoms with Crippen LogP contribution in [0, 0.1) is 0 Å². The van der Waals surface area contributed by atoms with E-state index in [0.717, 1.165) is 11.8 Å². The van der Waals surface area contributed by atoms with Crippen molar-refractivity contribution in [3.8, 4) is 0 Å². The molecule has 10 heteroatoms. The topological polar surface area (TPSA) is 132 Å². The summed E-state index contributed by atoms with van der Waals surface area (Å²) in [6.45, 7) is 1.29. The van der Waals surface area contributed by atoms with Gasteiger partial charge in [-0.25, -0.2) is 0 Å². The van der Waals surface area contributed by atoms with Gasteiger partial charge in [-0.15, -0.1) is 0 Å². The summed E-state index contributed by atoms with van der Waals surface area (Å²) in [5, 5.41) is -0.984. The molecule has 0 aliphatic heterocycles. The van der Waals surface area contributed by atoms with E-state index in [0.29, 0.717) is 5.56 Å². The number of carbonyl (C=O) groups excluding carboxylic acids is 1. The Kier molecular flexibility index (Phi) is 7.68. The van der Waals surface area contributed by atoms with Crippen LogP contribution in [-0.4, -0.2) is 36.1 Å². The maximum atomic E-state index is 11.7. The minimum atomic E-state index is -4.43. The van der Waals surface area contributed by atoms with Gasteiger partial charge in [-0.3, -0.25) is 13.9 Å².